The van der Waals surface area contributed by atoms with Gasteiger partial charge in [0.25, 0.3) is 0 Å². The molecule has 0 bridgehead atoms. The van der Waals surface area contributed by atoms with E-state index in [1.807, 2.05) is 6.07 Å². The number of nitrogens with zero attached hydrogens (tertiary/aromatic N) is 1. The minimum atomic E-state index is 0. The van der Waals surface area contributed by atoms with Gasteiger partial charge >= 0.3 is 0 Å². The van der Waals surface area contributed by atoms with Gasteiger partial charge in [-0.25, -0.2) is 0 Å². The Balaban J connectivity index is 0.000000490. The van der Waals surface area contributed by atoms with Crippen molar-refractivity contribution in [2.75, 3.05) is 0 Å². The smallest absolute Gasteiger partial charge is 0.115 e. The summed E-state index contributed by atoms with van der Waals surface area (Å²) >= 11 is 0. The standard InChI is InChI=1S/C6H6O.N/c7-6-4-2-1-3-5-6;/h1-5,7H;. The summed E-state index contributed by atoms with van der Waals surface area (Å²) in [5, 5.41) is 8.63. The van der Waals surface area contributed by atoms with E-state index in [2.05, 4.69) is 0 Å². The highest BCUT2D eigenvalue weighted by atomic mass is 16.3. The number of aromatic hydroxyl groups is 1. The highest BCUT2D eigenvalue weighted by Crippen LogP contribution is 2.02. The van der Waals surface area contributed by atoms with Crippen LogP contribution in [-0.2, 0) is 0 Å². The summed E-state index contributed by atoms with van der Waals surface area (Å²) in [5.41, 5.74) is 0. The molecule has 0 aliphatic carbocycles. The van der Waals surface area contributed by atoms with Crippen LogP contribution in [0.15, 0.2) is 30.3 Å². The fraction of sp³-hybridized carbons (Fsp3) is 0. The lowest BCUT2D eigenvalue weighted by atomic mass is 10.3. The van der Waals surface area contributed by atoms with Crippen LogP contribution >= 0.6 is 0 Å². The summed E-state index contributed by atoms with van der Waals surface area (Å²) in [6.07, 6.45) is 0. The van der Waals surface area contributed by atoms with Crippen LogP contribution in [0.25, 0.3) is 0 Å². The molecule has 8 heavy (non-hydrogen) atoms. The van der Waals surface area contributed by atoms with Crippen molar-refractivity contribution in [3.63, 3.8) is 0 Å². The maximum atomic E-state index is 8.63. The van der Waals surface area contributed by atoms with Gasteiger partial charge in [-0.05, 0) is 12.1 Å². The maximum Gasteiger partial charge on any atom is 0.115 e. The van der Waals surface area contributed by atoms with Gasteiger partial charge in [0.05, 0.1) is 0 Å². The van der Waals surface area contributed by atoms with Crippen LogP contribution in [0.1, 0.15) is 0 Å². The van der Waals surface area contributed by atoms with Gasteiger partial charge in [-0.3, -0.25) is 0 Å². The second-order valence-electron chi connectivity index (χ2n) is 1.34. The average Bonchev–Trinajstić information content (AvgIpc) is 1.69. The number of para-hydroxylation sites is 1. The van der Waals surface area contributed by atoms with Gasteiger partial charge in [0, 0.05) is 6.15 Å². The van der Waals surface area contributed by atoms with Crippen molar-refractivity contribution in [2.45, 2.75) is 0 Å². The lowest BCUT2D eigenvalue weighted by molar-refractivity contribution is 0.475. The first-order valence-electron chi connectivity index (χ1n) is 2.13. The third kappa shape index (κ3) is 1.62. The molecule has 0 aliphatic rings. The summed E-state index contributed by atoms with van der Waals surface area (Å²) in [6, 6.07) is 8.71. The molecule has 3 radical (unpaired) electrons. The number of phenols is 1. The molecule has 1 aromatic rings. The molecule has 0 heterocycles. The van der Waals surface area contributed by atoms with Crippen LogP contribution in [-0.4, -0.2) is 5.11 Å². The van der Waals surface area contributed by atoms with Gasteiger partial charge in [0.1, 0.15) is 5.75 Å². The minimum Gasteiger partial charge on any atom is -0.508 e. The van der Waals surface area contributed by atoms with Gasteiger partial charge in [0.15, 0.2) is 0 Å². The van der Waals surface area contributed by atoms with Gasteiger partial charge < -0.3 is 5.11 Å². The molecule has 0 aromatic heterocycles. The molecule has 2 nitrogen and oxygen atoms in total. The van der Waals surface area contributed by atoms with Gasteiger partial charge in [0.2, 0.25) is 0 Å². The Morgan fingerprint density at radius 1 is 1.00 bits per heavy atom. The molecule has 0 spiro atoms. The van der Waals surface area contributed by atoms with Gasteiger partial charge in [-0.1, -0.05) is 18.2 Å². The van der Waals surface area contributed by atoms with E-state index in [-0.39, 0.29) is 6.15 Å². The maximum absolute atomic E-state index is 8.63. The molecule has 0 amide bonds. The number of hydrogen-bond donors (Lipinski definition) is 1. The van der Waals surface area contributed by atoms with E-state index >= 15 is 0 Å². The quantitative estimate of drug-likeness (QED) is 0.527. The van der Waals surface area contributed by atoms with Crippen LogP contribution < -0.4 is 6.15 Å². The van der Waals surface area contributed by atoms with E-state index in [4.69, 9.17) is 5.11 Å². The summed E-state index contributed by atoms with van der Waals surface area (Å²) in [6.45, 7) is 0. The zero-order chi connectivity index (χ0) is 5.11. The molecule has 2 heteroatoms. The van der Waals surface area contributed by atoms with Crippen LogP contribution in [0, 0.1) is 0 Å². The molecule has 0 fully saturated rings. The van der Waals surface area contributed by atoms with Crippen LogP contribution in [0.2, 0.25) is 0 Å². The van der Waals surface area contributed by atoms with Crippen molar-refractivity contribution in [3.8, 4) is 5.75 Å². The molecule has 0 aliphatic heterocycles. The van der Waals surface area contributed by atoms with Crippen LogP contribution in [0.3, 0.4) is 0 Å². The third-order valence-corrected chi connectivity index (χ3v) is 0.756. The first kappa shape index (κ1) is 6.98. The topological polar surface area (TPSA) is 50.7 Å². The summed E-state index contributed by atoms with van der Waals surface area (Å²) in [7, 11) is 0. The van der Waals surface area contributed by atoms with Gasteiger partial charge in [-0.2, -0.15) is 0 Å². The highest BCUT2D eigenvalue weighted by molar-refractivity contribution is 5.18. The summed E-state index contributed by atoms with van der Waals surface area (Å²) in [4.78, 5) is 0. The van der Waals surface area contributed by atoms with E-state index in [1.165, 1.54) is 0 Å². The summed E-state index contributed by atoms with van der Waals surface area (Å²) in [5.74, 6) is 0.322. The summed E-state index contributed by atoms with van der Waals surface area (Å²) < 4.78 is 0. The highest BCUT2D eigenvalue weighted by Gasteiger charge is 1.74. The van der Waals surface area contributed by atoms with E-state index in [0.29, 0.717) is 5.75 Å². The van der Waals surface area contributed by atoms with Crippen molar-refractivity contribution in [1.29, 1.82) is 0 Å². The van der Waals surface area contributed by atoms with E-state index < -0.39 is 0 Å². The van der Waals surface area contributed by atoms with Crippen LogP contribution in [0.5, 0.6) is 5.75 Å². The average molecular weight is 108 g/mol. The van der Waals surface area contributed by atoms with Crippen molar-refractivity contribution in [3.05, 3.63) is 30.3 Å². The lowest BCUT2D eigenvalue weighted by Gasteiger charge is -1.82. The first-order chi connectivity index (χ1) is 3.39. The number of phenolic OH excluding ortho intramolecular Hbond substituents is 1. The minimum absolute atomic E-state index is 0. The largest absolute Gasteiger partial charge is 0.508 e. The zero-order valence-electron chi connectivity index (χ0n) is 4.28. The molecule has 0 saturated heterocycles. The zero-order valence-corrected chi connectivity index (χ0v) is 4.28. The predicted octanol–water partition coefficient (Wildman–Crippen LogP) is 0.912. The number of rotatable bonds is 0. The van der Waals surface area contributed by atoms with E-state index in [9.17, 15) is 0 Å². The molecular formula is C6H6NO. The first-order valence-corrected chi connectivity index (χ1v) is 2.13. The van der Waals surface area contributed by atoms with E-state index in [1.54, 1.807) is 24.3 Å². The predicted molar refractivity (Wildman–Crippen MR) is 30.2 cm³/mol. The number of benzene rings is 1. The number of hydrogen-bond acceptors (Lipinski definition) is 1. The molecule has 41 valence electrons. The van der Waals surface area contributed by atoms with Crippen LogP contribution in [0.4, 0.5) is 0 Å². The second-order valence-corrected chi connectivity index (χ2v) is 1.34. The molecule has 0 atom stereocenters. The Labute approximate surface area is 48.4 Å². The third-order valence-electron chi connectivity index (χ3n) is 0.756. The Kier molecular flexibility index (Phi) is 2.66. The molecular weight excluding hydrogens is 102 g/mol. The second kappa shape index (κ2) is 3.04. The van der Waals surface area contributed by atoms with Crippen molar-refractivity contribution in [1.82, 2.24) is 6.15 Å². The monoisotopic (exact) mass is 108 g/mol. The normalized spacial score (nSPS) is 7.50. The molecule has 1 N–H and O–H groups in total. The Hall–Kier alpha value is -1.02. The molecule has 0 unspecified atom stereocenters. The molecule has 1 aromatic carbocycles. The van der Waals surface area contributed by atoms with Crippen molar-refractivity contribution in [2.24, 2.45) is 0 Å². The molecule has 0 saturated carbocycles. The SMILES string of the molecule is Oc1ccccc1.[N]. The van der Waals surface area contributed by atoms with Gasteiger partial charge in [-0.15, -0.1) is 0 Å². The fourth-order valence-electron chi connectivity index (χ4n) is 0.428. The fourth-order valence-corrected chi connectivity index (χ4v) is 0.428. The Morgan fingerprint density at radius 3 is 1.75 bits per heavy atom. The lowest BCUT2D eigenvalue weighted by Crippen LogP contribution is -1.56. The van der Waals surface area contributed by atoms with Crippen molar-refractivity contribution < 1.29 is 5.11 Å². The van der Waals surface area contributed by atoms with Crippen molar-refractivity contribution >= 4 is 0 Å². The Morgan fingerprint density at radius 2 is 1.50 bits per heavy atom. The molecule has 1 rings (SSSR count). The Bertz CT molecular complexity index is 138. The van der Waals surface area contributed by atoms with E-state index in [0.717, 1.165) is 0 Å².